The van der Waals surface area contributed by atoms with Crippen LogP contribution in [-0.4, -0.2) is 36.1 Å². The Morgan fingerprint density at radius 3 is 2.42 bits per heavy atom. The summed E-state index contributed by atoms with van der Waals surface area (Å²) in [5, 5.41) is 3.76. The van der Waals surface area contributed by atoms with Gasteiger partial charge in [-0.3, -0.25) is 4.79 Å². The largest absolute Gasteiger partial charge is 0.376 e. The fourth-order valence-electron chi connectivity index (χ4n) is 5.41. The number of benzene rings is 1. The van der Waals surface area contributed by atoms with E-state index in [9.17, 15) is 4.79 Å². The molecule has 31 heavy (non-hydrogen) atoms. The van der Waals surface area contributed by atoms with Gasteiger partial charge in [0.1, 0.15) is 5.82 Å². The number of nitrogens with zero attached hydrogens (tertiary/aromatic N) is 3. The molecule has 1 unspecified atom stereocenters. The Balaban J connectivity index is 1.56. The Labute approximate surface area is 184 Å². The van der Waals surface area contributed by atoms with Gasteiger partial charge in [-0.1, -0.05) is 25.1 Å². The van der Waals surface area contributed by atoms with Crippen LogP contribution in [0.1, 0.15) is 51.3 Å². The van der Waals surface area contributed by atoms with E-state index < -0.39 is 0 Å². The summed E-state index contributed by atoms with van der Waals surface area (Å²) in [6, 6.07) is 15.1. The van der Waals surface area contributed by atoms with Crippen LogP contribution in [0, 0.1) is 11.8 Å². The zero-order valence-electron chi connectivity index (χ0n) is 18.5. The van der Waals surface area contributed by atoms with Crippen LogP contribution in [0.4, 0.5) is 17.2 Å². The highest BCUT2D eigenvalue weighted by Crippen LogP contribution is 2.49. The molecule has 1 aromatic carbocycles. The number of anilines is 3. The number of rotatable bonds is 4. The molecule has 3 N–H and O–H groups in total. The van der Waals surface area contributed by atoms with Gasteiger partial charge in [0.05, 0.1) is 17.4 Å². The van der Waals surface area contributed by atoms with Gasteiger partial charge in [-0.15, -0.1) is 0 Å². The van der Waals surface area contributed by atoms with Crippen LogP contribution >= 0.6 is 0 Å². The summed E-state index contributed by atoms with van der Waals surface area (Å²) in [5.41, 5.74) is 9.15. The quantitative estimate of drug-likeness (QED) is 0.785. The van der Waals surface area contributed by atoms with E-state index in [0.29, 0.717) is 5.92 Å². The van der Waals surface area contributed by atoms with Crippen molar-refractivity contribution in [3.8, 4) is 0 Å². The van der Waals surface area contributed by atoms with Crippen LogP contribution in [0.3, 0.4) is 0 Å². The lowest BCUT2D eigenvalue weighted by molar-refractivity contribution is -0.117. The van der Waals surface area contributed by atoms with Crippen molar-refractivity contribution in [1.29, 1.82) is 0 Å². The first-order valence-corrected chi connectivity index (χ1v) is 11.7. The van der Waals surface area contributed by atoms with Gasteiger partial charge in [0.2, 0.25) is 5.91 Å². The minimum atomic E-state index is 0.0607. The van der Waals surface area contributed by atoms with E-state index in [1.165, 1.54) is 12.8 Å². The molecule has 0 spiro atoms. The van der Waals surface area contributed by atoms with Gasteiger partial charge < -0.3 is 20.9 Å². The lowest BCUT2D eigenvalue weighted by atomic mass is 9.82. The summed E-state index contributed by atoms with van der Waals surface area (Å²) >= 11 is 0. The first kappa shape index (κ1) is 20.3. The highest BCUT2D eigenvalue weighted by atomic mass is 16.2. The second-order valence-electron chi connectivity index (χ2n) is 9.46. The third-order valence-electron chi connectivity index (χ3n) is 7.21. The Morgan fingerprint density at radius 1 is 1.06 bits per heavy atom. The van der Waals surface area contributed by atoms with Crippen molar-refractivity contribution in [2.24, 2.45) is 17.6 Å². The zero-order chi connectivity index (χ0) is 21.5. The predicted molar refractivity (Wildman–Crippen MR) is 125 cm³/mol. The summed E-state index contributed by atoms with van der Waals surface area (Å²) in [6.45, 7) is 5.83. The smallest absolute Gasteiger partial charge is 0.224 e. The van der Waals surface area contributed by atoms with E-state index in [-0.39, 0.29) is 30.0 Å². The molecule has 3 aliphatic rings. The third-order valence-corrected chi connectivity index (χ3v) is 7.21. The number of pyridine rings is 1. The van der Waals surface area contributed by atoms with E-state index in [1.807, 2.05) is 11.0 Å². The van der Waals surface area contributed by atoms with E-state index in [0.717, 1.165) is 48.8 Å². The molecule has 6 nitrogen and oxygen atoms in total. The van der Waals surface area contributed by atoms with Gasteiger partial charge in [0.25, 0.3) is 0 Å². The molecule has 6 heteroatoms. The molecule has 164 valence electrons. The van der Waals surface area contributed by atoms with Crippen molar-refractivity contribution in [1.82, 2.24) is 4.98 Å². The minimum Gasteiger partial charge on any atom is -0.376 e. The van der Waals surface area contributed by atoms with Crippen LogP contribution in [0.2, 0.25) is 0 Å². The maximum Gasteiger partial charge on any atom is 0.224 e. The topological polar surface area (TPSA) is 74.5 Å². The maximum atomic E-state index is 12.8. The summed E-state index contributed by atoms with van der Waals surface area (Å²) in [6.07, 6.45) is 4.38. The zero-order valence-corrected chi connectivity index (χ0v) is 18.5. The molecule has 5 rings (SSSR count). The monoisotopic (exact) mass is 419 g/mol. The van der Waals surface area contributed by atoms with Crippen molar-refractivity contribution in [3.05, 3.63) is 48.2 Å². The second kappa shape index (κ2) is 8.15. The second-order valence-corrected chi connectivity index (χ2v) is 9.46. The van der Waals surface area contributed by atoms with Crippen molar-refractivity contribution < 1.29 is 4.79 Å². The van der Waals surface area contributed by atoms with E-state index in [2.05, 4.69) is 53.5 Å². The number of fused-ring (bicyclic) bond motifs is 1. The molecular weight excluding hydrogens is 386 g/mol. The van der Waals surface area contributed by atoms with Crippen molar-refractivity contribution >= 4 is 23.1 Å². The molecule has 2 aliphatic heterocycles. The summed E-state index contributed by atoms with van der Waals surface area (Å²) in [7, 11) is 0. The number of carbonyl (C=O) groups is 1. The van der Waals surface area contributed by atoms with Gasteiger partial charge in [-0.25, -0.2) is 4.98 Å². The number of nitrogens with two attached hydrogens (primary N) is 1. The van der Waals surface area contributed by atoms with Crippen LogP contribution < -0.4 is 20.9 Å². The molecule has 3 heterocycles. The fraction of sp³-hybridized carbons (Fsp3) is 0.520. The lowest BCUT2D eigenvalue weighted by Crippen LogP contribution is -2.51. The first-order valence-electron chi connectivity index (χ1n) is 11.7. The number of carbonyl (C=O) groups excluding carboxylic acids is 1. The number of aromatic nitrogens is 1. The average Bonchev–Trinajstić information content (AvgIpc) is 3.61. The number of hydrogen-bond acceptors (Lipinski definition) is 5. The lowest BCUT2D eigenvalue weighted by Gasteiger charge is -2.45. The first-order chi connectivity index (χ1) is 15.0. The molecule has 1 amide bonds. The van der Waals surface area contributed by atoms with Crippen LogP contribution in [0.5, 0.6) is 0 Å². The van der Waals surface area contributed by atoms with E-state index in [4.69, 9.17) is 10.7 Å². The Morgan fingerprint density at radius 2 is 1.77 bits per heavy atom. The molecule has 0 bridgehead atoms. The van der Waals surface area contributed by atoms with Crippen LogP contribution in [0.15, 0.2) is 42.5 Å². The molecule has 3 atom stereocenters. The normalized spacial score (nSPS) is 26.5. The van der Waals surface area contributed by atoms with Gasteiger partial charge in [-0.2, -0.15) is 0 Å². The molecule has 1 aliphatic carbocycles. The van der Waals surface area contributed by atoms with Crippen molar-refractivity contribution in [2.45, 2.75) is 57.7 Å². The highest BCUT2D eigenvalue weighted by Gasteiger charge is 2.48. The molecule has 0 radical (unpaired) electrons. The van der Waals surface area contributed by atoms with Crippen molar-refractivity contribution in [3.63, 3.8) is 0 Å². The van der Waals surface area contributed by atoms with Crippen LogP contribution in [-0.2, 0) is 4.79 Å². The molecule has 1 aromatic heterocycles. The molecule has 1 saturated carbocycles. The maximum absolute atomic E-state index is 12.8. The van der Waals surface area contributed by atoms with Gasteiger partial charge >= 0.3 is 0 Å². The number of piperidine rings is 1. The number of amides is 1. The van der Waals surface area contributed by atoms with Gasteiger partial charge in [0.15, 0.2) is 0 Å². The average molecular weight is 420 g/mol. The molecular formula is C25H33N5O. The Bertz CT molecular complexity index is 936. The molecule has 2 fully saturated rings. The minimum absolute atomic E-state index is 0.0607. The molecule has 2 aromatic rings. The van der Waals surface area contributed by atoms with E-state index >= 15 is 0 Å². The van der Waals surface area contributed by atoms with Crippen molar-refractivity contribution in [2.75, 3.05) is 28.2 Å². The number of para-hydroxylation sites is 1. The van der Waals surface area contributed by atoms with E-state index in [1.54, 1.807) is 6.92 Å². The predicted octanol–water partition coefficient (Wildman–Crippen LogP) is 3.94. The summed E-state index contributed by atoms with van der Waals surface area (Å²) in [4.78, 5) is 22.3. The van der Waals surface area contributed by atoms with Gasteiger partial charge in [0, 0.05) is 43.7 Å². The highest BCUT2D eigenvalue weighted by molar-refractivity contribution is 5.94. The van der Waals surface area contributed by atoms with Crippen LogP contribution in [0.25, 0.3) is 0 Å². The fourth-order valence-corrected chi connectivity index (χ4v) is 5.41. The standard InChI is InChI=1S/C25H33N5O/c1-16-23(27-20-6-4-3-5-7-20)24-21(30(17(2)31)25(16)18-8-9-18)10-11-22(28-24)29-14-12-19(26)13-15-29/h3-7,10-11,16,18-19,23,25,27H,8-9,12-15,26H2,1-2H3/t16-,23?,25-/m1/s1. The summed E-state index contributed by atoms with van der Waals surface area (Å²) in [5.74, 6) is 1.95. The summed E-state index contributed by atoms with van der Waals surface area (Å²) < 4.78 is 0. The Kier molecular flexibility index (Phi) is 5.34. The SMILES string of the molecule is CC(=O)N1c2ccc(N3CCC(N)CC3)nc2C(Nc2ccccc2)[C@@H](C)[C@@H]1C1CC1. The van der Waals surface area contributed by atoms with Gasteiger partial charge in [-0.05, 0) is 55.9 Å². The third kappa shape index (κ3) is 3.89. The Hall–Kier alpha value is -2.60. The number of nitrogens with one attached hydrogen (secondary N) is 1. The number of hydrogen-bond donors (Lipinski definition) is 2. The molecule has 1 saturated heterocycles.